The van der Waals surface area contributed by atoms with Crippen LogP contribution in [-0.4, -0.2) is 37.4 Å². The van der Waals surface area contributed by atoms with Crippen molar-refractivity contribution >= 4 is 12.0 Å². The molecular weight excluding hydrogens is 558 g/mol. The number of alkyl halides is 6. The summed E-state index contributed by atoms with van der Waals surface area (Å²) in [6.45, 7) is 2.97. The Morgan fingerprint density at radius 2 is 1.29 bits per heavy atom. The van der Waals surface area contributed by atoms with Crippen LogP contribution in [0.4, 0.5) is 31.1 Å². The largest absolute Gasteiger partial charge is 0.573 e. The van der Waals surface area contributed by atoms with Gasteiger partial charge in [-0.05, 0) is 54.8 Å². The number of hydrogen-bond acceptors (Lipinski definition) is 5. The van der Waals surface area contributed by atoms with Crippen LogP contribution in [0.25, 0.3) is 0 Å². The molecule has 7 nitrogen and oxygen atoms in total. The minimum Gasteiger partial charge on any atom is -0.464 e. The molecule has 0 bridgehead atoms. The zero-order chi connectivity index (χ0) is 30.3. The van der Waals surface area contributed by atoms with Crippen molar-refractivity contribution in [1.82, 2.24) is 10.6 Å². The van der Waals surface area contributed by atoms with Crippen LogP contribution in [0.3, 0.4) is 0 Å². The van der Waals surface area contributed by atoms with Crippen LogP contribution in [-0.2, 0) is 21.5 Å². The molecule has 0 spiro atoms. The lowest BCUT2D eigenvalue weighted by Crippen LogP contribution is -2.54. The summed E-state index contributed by atoms with van der Waals surface area (Å²) in [4.78, 5) is 25.4. The first kappa shape index (κ1) is 31.1. The number of carbonyl (C=O) groups is 2. The predicted molar refractivity (Wildman–Crippen MR) is 135 cm³/mol. The number of hydrogen-bond donors (Lipinski definition) is 2. The number of nitrogens with one attached hydrogen (secondary N) is 2. The standard InChI is InChI=1S/C28H26F6N2O5/c1-3-39-24(37)18(2)35-25(38)36-26(17-19-9-5-4-6-10-19,20-11-7-13-22(15-20)40-27(29,30)31)21-12-8-14-23(16-21)41-28(32,33)34/h4-16,18H,3,17H2,1-2H3,(H2,35,36,38). The molecule has 1 atom stereocenters. The Labute approximate surface area is 231 Å². The van der Waals surface area contributed by atoms with Gasteiger partial charge in [-0.3, -0.25) is 0 Å². The van der Waals surface area contributed by atoms with Crippen molar-refractivity contribution in [3.8, 4) is 11.5 Å². The molecule has 1 unspecified atom stereocenters. The molecule has 0 fully saturated rings. The van der Waals surface area contributed by atoms with Crippen molar-refractivity contribution in [1.29, 1.82) is 0 Å². The lowest BCUT2D eigenvalue weighted by molar-refractivity contribution is -0.275. The highest BCUT2D eigenvalue weighted by atomic mass is 19.4. The molecule has 3 aromatic rings. The Bertz CT molecular complexity index is 1270. The zero-order valence-corrected chi connectivity index (χ0v) is 21.8. The molecule has 0 aromatic heterocycles. The van der Waals surface area contributed by atoms with Crippen LogP contribution in [0.2, 0.25) is 0 Å². The second-order valence-electron chi connectivity index (χ2n) is 8.79. The van der Waals surface area contributed by atoms with E-state index < -0.39 is 47.8 Å². The van der Waals surface area contributed by atoms with Crippen LogP contribution < -0.4 is 20.1 Å². The molecule has 2 amide bonds. The van der Waals surface area contributed by atoms with E-state index in [1.807, 2.05) is 0 Å². The number of ether oxygens (including phenoxy) is 3. The van der Waals surface area contributed by atoms with Crippen molar-refractivity contribution in [2.24, 2.45) is 0 Å². The highest BCUT2D eigenvalue weighted by molar-refractivity contribution is 5.84. The van der Waals surface area contributed by atoms with Gasteiger partial charge >= 0.3 is 24.7 Å². The minimum atomic E-state index is -5.04. The number of amides is 2. The van der Waals surface area contributed by atoms with E-state index >= 15 is 0 Å². The van der Waals surface area contributed by atoms with Crippen LogP contribution in [0.5, 0.6) is 11.5 Å². The third-order valence-corrected chi connectivity index (χ3v) is 5.75. The summed E-state index contributed by atoms with van der Waals surface area (Å²) >= 11 is 0. The Hall–Kier alpha value is -4.42. The monoisotopic (exact) mass is 584 g/mol. The van der Waals surface area contributed by atoms with Gasteiger partial charge in [0, 0.05) is 6.42 Å². The molecule has 13 heteroatoms. The summed E-state index contributed by atoms with van der Waals surface area (Å²) < 4.78 is 91.5. The molecule has 2 N–H and O–H groups in total. The summed E-state index contributed by atoms with van der Waals surface area (Å²) in [6, 6.07) is 15.7. The summed E-state index contributed by atoms with van der Waals surface area (Å²) in [6.07, 6.45) is -10.2. The van der Waals surface area contributed by atoms with Crippen LogP contribution in [0.1, 0.15) is 30.5 Å². The molecular formula is C28H26F6N2O5. The lowest BCUT2D eigenvalue weighted by atomic mass is 9.77. The average molecular weight is 585 g/mol. The van der Waals surface area contributed by atoms with Crippen molar-refractivity contribution in [3.05, 3.63) is 95.6 Å². The van der Waals surface area contributed by atoms with Crippen molar-refractivity contribution in [2.75, 3.05) is 6.61 Å². The lowest BCUT2D eigenvalue weighted by Gasteiger charge is -2.37. The first-order valence-electron chi connectivity index (χ1n) is 12.2. The average Bonchev–Trinajstić information content (AvgIpc) is 2.87. The normalized spacial score (nSPS) is 12.7. The molecule has 3 aromatic carbocycles. The zero-order valence-electron chi connectivity index (χ0n) is 21.8. The number of benzene rings is 3. The third kappa shape index (κ3) is 9.05. The fraction of sp³-hybridized carbons (Fsp3) is 0.286. The smallest absolute Gasteiger partial charge is 0.464 e. The molecule has 0 aliphatic heterocycles. The molecule has 0 saturated heterocycles. The third-order valence-electron chi connectivity index (χ3n) is 5.75. The van der Waals surface area contributed by atoms with E-state index in [4.69, 9.17) is 4.74 Å². The Morgan fingerprint density at radius 1 is 0.780 bits per heavy atom. The van der Waals surface area contributed by atoms with Gasteiger partial charge in [-0.15, -0.1) is 26.3 Å². The highest BCUT2D eigenvalue weighted by Crippen LogP contribution is 2.38. The second kappa shape index (κ2) is 12.8. The van der Waals surface area contributed by atoms with E-state index in [2.05, 4.69) is 20.1 Å². The highest BCUT2D eigenvalue weighted by Gasteiger charge is 2.39. The summed E-state index contributed by atoms with van der Waals surface area (Å²) in [5.74, 6) is -2.01. The predicted octanol–water partition coefficient (Wildman–Crippen LogP) is 6.22. The number of esters is 1. The fourth-order valence-electron chi connectivity index (χ4n) is 4.13. The summed E-state index contributed by atoms with van der Waals surface area (Å²) in [5, 5.41) is 5.09. The molecule has 220 valence electrons. The first-order valence-corrected chi connectivity index (χ1v) is 12.2. The van der Waals surface area contributed by atoms with E-state index in [0.29, 0.717) is 5.56 Å². The van der Waals surface area contributed by atoms with Gasteiger partial charge in [0.15, 0.2) is 0 Å². The second-order valence-corrected chi connectivity index (χ2v) is 8.79. The molecule has 41 heavy (non-hydrogen) atoms. The fourth-order valence-corrected chi connectivity index (χ4v) is 4.13. The van der Waals surface area contributed by atoms with E-state index in [-0.39, 0.29) is 24.2 Å². The SMILES string of the molecule is CCOC(=O)C(C)NC(=O)NC(Cc1ccccc1)(c1cccc(OC(F)(F)F)c1)c1cccc(OC(F)(F)F)c1. The van der Waals surface area contributed by atoms with Crippen molar-refractivity contribution in [3.63, 3.8) is 0 Å². The maximum atomic E-state index is 13.3. The molecule has 0 heterocycles. The number of rotatable bonds is 10. The van der Waals surface area contributed by atoms with Gasteiger partial charge in [0.2, 0.25) is 0 Å². The van der Waals surface area contributed by atoms with Gasteiger partial charge in [0.1, 0.15) is 17.5 Å². The van der Waals surface area contributed by atoms with E-state index in [1.165, 1.54) is 31.2 Å². The Balaban J connectivity index is 2.21. The van der Waals surface area contributed by atoms with Gasteiger partial charge in [-0.25, -0.2) is 9.59 Å². The summed E-state index contributed by atoms with van der Waals surface area (Å²) in [5.41, 5.74) is -1.16. The van der Waals surface area contributed by atoms with Crippen LogP contribution in [0.15, 0.2) is 78.9 Å². The maximum absolute atomic E-state index is 13.3. The topological polar surface area (TPSA) is 85.9 Å². The number of halogens is 6. The maximum Gasteiger partial charge on any atom is 0.573 e. The van der Waals surface area contributed by atoms with Crippen LogP contribution >= 0.6 is 0 Å². The molecule has 0 radical (unpaired) electrons. The molecule has 0 aliphatic rings. The number of carbonyl (C=O) groups excluding carboxylic acids is 2. The first-order chi connectivity index (χ1) is 19.2. The van der Waals surface area contributed by atoms with Crippen molar-refractivity contribution in [2.45, 2.75) is 44.6 Å². The quantitative estimate of drug-likeness (QED) is 0.218. The van der Waals surface area contributed by atoms with Gasteiger partial charge in [0.05, 0.1) is 12.1 Å². The van der Waals surface area contributed by atoms with Gasteiger partial charge in [-0.2, -0.15) is 0 Å². The van der Waals surface area contributed by atoms with Gasteiger partial charge in [0.25, 0.3) is 0 Å². The molecule has 0 aliphatic carbocycles. The van der Waals surface area contributed by atoms with Gasteiger partial charge < -0.3 is 24.8 Å². The van der Waals surface area contributed by atoms with E-state index in [1.54, 1.807) is 37.3 Å². The summed E-state index contributed by atoms with van der Waals surface area (Å²) in [7, 11) is 0. The number of urea groups is 1. The molecule has 0 saturated carbocycles. The minimum absolute atomic E-state index is 0.0335. The molecule has 3 rings (SSSR count). The van der Waals surface area contributed by atoms with E-state index in [0.717, 1.165) is 24.3 Å². The van der Waals surface area contributed by atoms with E-state index in [9.17, 15) is 35.9 Å². The van der Waals surface area contributed by atoms with Crippen LogP contribution in [0, 0.1) is 0 Å². The van der Waals surface area contributed by atoms with Gasteiger partial charge in [-0.1, -0.05) is 54.6 Å². The van der Waals surface area contributed by atoms with Crippen molar-refractivity contribution < 1.29 is 50.1 Å². The Kier molecular flexibility index (Phi) is 9.74. The Morgan fingerprint density at radius 3 is 1.76 bits per heavy atom.